The van der Waals surface area contributed by atoms with Crippen LogP contribution in [-0.4, -0.2) is 37.3 Å². The van der Waals surface area contributed by atoms with Gasteiger partial charge in [-0.3, -0.25) is 0 Å². The third-order valence-electron chi connectivity index (χ3n) is 11.7. The standard InChI is InChI=1S/C54H46N4O4.Zn/c1-29-25-31(3)47(32(4)26-29)51-43-21-17-39(55-43)49(35-9-13-37(14-10-35)53(59)61-7)41-19-23-45(57-41)52(48-33(5)27-30(2)28-34(48)6)46-24-20-42(58-46)50(40-18-22-44(51)56-40)36-11-15-38(16-12-36)54(60)62-8;/h9-28H,1-8H3,(H2,55,56,57,58,59,60);/q;+2/p-2. The summed E-state index contributed by atoms with van der Waals surface area (Å²) in [5.74, 6) is -0.815. The molecule has 4 aromatic carbocycles. The molecule has 63 heavy (non-hydrogen) atoms. The van der Waals surface area contributed by atoms with Crippen LogP contribution in [0.4, 0.5) is 0 Å². The van der Waals surface area contributed by atoms with Crippen molar-refractivity contribution in [2.24, 2.45) is 15.0 Å². The molecule has 0 atom stereocenters. The van der Waals surface area contributed by atoms with E-state index in [1.54, 1.807) is 24.3 Å². The fourth-order valence-electron chi connectivity index (χ4n) is 9.12. The predicted octanol–water partition coefficient (Wildman–Crippen LogP) is 8.18. The zero-order valence-electron chi connectivity index (χ0n) is 36.7. The molecule has 306 valence electrons. The van der Waals surface area contributed by atoms with Crippen molar-refractivity contribution in [3.05, 3.63) is 216 Å². The van der Waals surface area contributed by atoms with Crippen molar-refractivity contribution in [3.8, 4) is 0 Å². The quantitative estimate of drug-likeness (QED) is 0.131. The van der Waals surface area contributed by atoms with E-state index in [9.17, 15) is 9.90 Å². The third-order valence-corrected chi connectivity index (χ3v) is 11.7. The summed E-state index contributed by atoms with van der Waals surface area (Å²) in [5, 5.41) is 13.8. The molecule has 4 aliphatic heterocycles. The van der Waals surface area contributed by atoms with Crippen LogP contribution in [0, 0.1) is 41.5 Å². The number of aromatic nitrogens is 1. The molecule has 0 aliphatic carbocycles. The van der Waals surface area contributed by atoms with E-state index in [1.165, 1.54) is 25.3 Å². The number of rotatable bonds is 5. The minimum Gasteiger partial charge on any atom is -0.657 e. The van der Waals surface area contributed by atoms with Gasteiger partial charge in [0, 0.05) is 11.1 Å². The van der Waals surface area contributed by atoms with E-state index in [1.807, 2.05) is 48.6 Å². The summed E-state index contributed by atoms with van der Waals surface area (Å²) >= 11 is 0. The summed E-state index contributed by atoms with van der Waals surface area (Å²) in [6, 6.07) is 27.7. The van der Waals surface area contributed by atoms with E-state index in [2.05, 4.69) is 90.1 Å². The first-order valence-corrected chi connectivity index (χ1v) is 20.5. The first kappa shape index (κ1) is 42.7. The first-order valence-electron chi connectivity index (χ1n) is 20.5. The zero-order valence-corrected chi connectivity index (χ0v) is 39.6. The van der Waals surface area contributed by atoms with Crippen LogP contribution in [0.3, 0.4) is 0 Å². The van der Waals surface area contributed by atoms with Crippen LogP contribution in [0.1, 0.15) is 71.8 Å². The third kappa shape index (κ3) is 7.79. The van der Waals surface area contributed by atoms with Gasteiger partial charge in [-0.25, -0.2) is 19.8 Å². The second-order valence-corrected chi connectivity index (χ2v) is 16.0. The average molecular weight is 878 g/mol. The van der Waals surface area contributed by atoms with Crippen LogP contribution in [0.5, 0.6) is 0 Å². The molecule has 0 N–H and O–H groups in total. The maximum absolute atomic E-state index is 12.5. The van der Waals surface area contributed by atoms with Gasteiger partial charge in [0.2, 0.25) is 0 Å². The van der Waals surface area contributed by atoms with Crippen molar-refractivity contribution < 1.29 is 38.9 Å². The van der Waals surface area contributed by atoms with E-state index in [-0.39, 0.29) is 19.5 Å². The van der Waals surface area contributed by atoms with E-state index in [0.29, 0.717) is 10.8 Å². The predicted molar refractivity (Wildman–Crippen MR) is 247 cm³/mol. The van der Waals surface area contributed by atoms with Gasteiger partial charge < -0.3 is 19.6 Å². The maximum atomic E-state index is 12.5. The molecule has 0 amide bonds. The van der Waals surface area contributed by atoms with Crippen molar-refractivity contribution in [1.29, 1.82) is 0 Å². The summed E-state index contributed by atoms with van der Waals surface area (Å²) in [5.41, 5.74) is 19.6. The van der Waals surface area contributed by atoms with Crippen LogP contribution < -0.4 is 20.5 Å². The number of aliphatic imine (C=N–C) groups is 3. The molecule has 0 fully saturated rings. The number of ether oxygens (including phenoxy) is 2. The number of fused-ring (bicyclic) bond motifs is 5. The SMILES string of the molecule is COC(=O)c1ccc(C2=C3C=CC(=N3)C(c3c(C)cc(C)cc3C)=C3C=CC(=N3)C(=c3ccc(=C([O-])OC)cc3)c3ccc([n-]3)C(c3c(C)cc(C)cc3C)=C3C=CC2=N3)cc1.[Zn+2]. The van der Waals surface area contributed by atoms with Crippen molar-refractivity contribution >= 4 is 51.3 Å². The Morgan fingerprint density at radius 3 is 1.48 bits per heavy atom. The molecule has 1 aromatic heterocycles. The molecule has 5 aromatic rings. The second kappa shape index (κ2) is 17.1. The Labute approximate surface area is 380 Å². The molecule has 0 spiro atoms. The second-order valence-electron chi connectivity index (χ2n) is 16.0. The fourth-order valence-corrected chi connectivity index (χ4v) is 9.12. The Kier molecular flexibility index (Phi) is 11.6. The van der Waals surface area contributed by atoms with Crippen molar-refractivity contribution in [1.82, 2.24) is 4.98 Å². The fraction of sp³-hybridized carbons (Fsp3) is 0.148. The van der Waals surface area contributed by atoms with E-state index in [4.69, 9.17) is 29.4 Å². The van der Waals surface area contributed by atoms with Gasteiger partial charge in [0.1, 0.15) is 0 Å². The van der Waals surface area contributed by atoms with Gasteiger partial charge in [-0.1, -0.05) is 83.9 Å². The largest absolute Gasteiger partial charge is 2.00 e. The molecule has 9 heteroatoms. The molecule has 4 aliphatic rings. The van der Waals surface area contributed by atoms with Crippen molar-refractivity contribution in [2.75, 3.05) is 14.2 Å². The molecular weight excluding hydrogens is 834 g/mol. The molecule has 0 saturated heterocycles. The first-order chi connectivity index (χ1) is 29.9. The number of methoxy groups -OCH3 is 2. The minimum absolute atomic E-state index is 0. The molecule has 0 radical (unpaired) electrons. The van der Waals surface area contributed by atoms with Gasteiger partial charge in [-0.15, -0.1) is 11.4 Å². The minimum atomic E-state index is -0.408. The van der Waals surface area contributed by atoms with Gasteiger partial charge in [-0.05, 0) is 158 Å². The summed E-state index contributed by atoms with van der Waals surface area (Å²) in [6.07, 6.45) is 12.3. The number of nitrogens with zero attached hydrogens (tertiary/aromatic N) is 4. The average Bonchev–Trinajstić information content (AvgIpc) is 4.10. The number of allylic oxidation sites excluding steroid dienone is 8. The molecule has 5 heterocycles. The molecule has 0 saturated carbocycles. The number of hydrogen-bond acceptors (Lipinski definition) is 7. The van der Waals surface area contributed by atoms with E-state index < -0.39 is 11.9 Å². The monoisotopic (exact) mass is 876 g/mol. The van der Waals surface area contributed by atoms with Gasteiger partial charge in [-0.2, -0.15) is 0 Å². The van der Waals surface area contributed by atoms with Crippen LogP contribution in [0.15, 0.2) is 153 Å². The molecule has 9 rings (SSSR count). The van der Waals surface area contributed by atoms with Crippen LogP contribution in [0.25, 0.3) is 28.2 Å². The summed E-state index contributed by atoms with van der Waals surface area (Å²) < 4.78 is 10.1. The number of esters is 1. The Morgan fingerprint density at radius 2 is 0.968 bits per heavy atom. The van der Waals surface area contributed by atoms with Gasteiger partial charge in [0.05, 0.1) is 52.8 Å². The molecule has 0 unspecified atom stereocenters. The zero-order chi connectivity index (χ0) is 43.4. The number of hydrogen-bond donors (Lipinski definition) is 0. The molecule has 8 bridgehead atoms. The summed E-state index contributed by atoms with van der Waals surface area (Å²) in [6.45, 7) is 12.7. The van der Waals surface area contributed by atoms with Gasteiger partial charge >= 0.3 is 25.4 Å². The van der Waals surface area contributed by atoms with Crippen LogP contribution in [0.2, 0.25) is 0 Å². The van der Waals surface area contributed by atoms with Crippen LogP contribution >= 0.6 is 0 Å². The van der Waals surface area contributed by atoms with Gasteiger partial charge in [0.15, 0.2) is 0 Å². The summed E-state index contributed by atoms with van der Waals surface area (Å²) in [7, 11) is 2.76. The van der Waals surface area contributed by atoms with Crippen molar-refractivity contribution in [3.63, 3.8) is 0 Å². The topological polar surface area (TPSA) is 110 Å². The van der Waals surface area contributed by atoms with Gasteiger partial charge in [0.25, 0.3) is 0 Å². The van der Waals surface area contributed by atoms with Crippen LogP contribution in [-0.2, 0) is 29.0 Å². The number of carbonyl (C=O) groups is 1. The molecular formula is C54H44N4O4Zn. The van der Waals surface area contributed by atoms with Crippen molar-refractivity contribution in [2.45, 2.75) is 41.5 Å². The number of aryl methyl sites for hydroxylation is 6. The Hall–Kier alpha value is -6.96. The Balaban J connectivity index is 0.00000544. The Bertz CT molecular complexity index is 3150. The number of benzene rings is 4. The number of carbonyl (C=O) groups excluding carboxylic acids is 1. The summed E-state index contributed by atoms with van der Waals surface area (Å²) in [4.78, 5) is 34.2. The Morgan fingerprint density at radius 1 is 0.524 bits per heavy atom. The van der Waals surface area contributed by atoms with E-state index >= 15 is 0 Å². The normalized spacial score (nSPS) is 15.2. The smallest absolute Gasteiger partial charge is 0.657 e. The maximum Gasteiger partial charge on any atom is 2.00 e. The van der Waals surface area contributed by atoms with E-state index in [0.717, 1.165) is 112 Å². The molecule has 8 nitrogen and oxygen atoms in total.